The summed E-state index contributed by atoms with van der Waals surface area (Å²) in [5.74, 6) is 0.669. The molecule has 3 saturated heterocycles. The normalized spacial score (nSPS) is 38.7. The Bertz CT molecular complexity index is 284. The van der Waals surface area contributed by atoms with Crippen molar-refractivity contribution in [3.05, 3.63) is 12.2 Å². The highest BCUT2D eigenvalue weighted by Gasteiger charge is 2.39. The fraction of sp³-hybridized carbons (Fsp3) is 0.750. The number of amides is 1. The minimum atomic E-state index is 0.271. The molecule has 0 saturated carbocycles. The molecule has 2 bridgehead atoms. The van der Waals surface area contributed by atoms with Crippen molar-refractivity contribution in [3.8, 4) is 0 Å². The van der Waals surface area contributed by atoms with E-state index in [2.05, 4.69) is 22.4 Å². The summed E-state index contributed by atoms with van der Waals surface area (Å²) in [6.45, 7) is 1.88. The molecule has 0 aromatic heterocycles. The fourth-order valence-corrected chi connectivity index (χ4v) is 2.97. The summed E-state index contributed by atoms with van der Waals surface area (Å²) in [6.07, 6.45) is 8.71. The number of hydrogen-bond donors (Lipinski definition) is 1. The maximum absolute atomic E-state index is 12.2. The number of piperazine rings is 1. The summed E-state index contributed by atoms with van der Waals surface area (Å²) in [5.41, 5.74) is 0. The summed E-state index contributed by atoms with van der Waals surface area (Å²) >= 11 is 0. The smallest absolute Gasteiger partial charge is 0.226 e. The first-order chi connectivity index (χ1) is 7.33. The molecule has 4 aliphatic rings. The standard InChI is InChI=1S/C12H18N2O/c15-12(9-4-2-1-3-5-9)14-7-10-6-11(8-14)13-10/h1-2,9-11,13H,3-8H2. The average Bonchev–Trinajstić information content (AvgIpc) is 2.28. The highest BCUT2D eigenvalue weighted by Crippen LogP contribution is 2.26. The molecule has 3 heterocycles. The lowest BCUT2D eigenvalue weighted by atomic mass is 9.88. The molecule has 15 heavy (non-hydrogen) atoms. The number of carbonyl (C=O) groups is 1. The molecular formula is C12H18N2O. The van der Waals surface area contributed by atoms with Crippen molar-refractivity contribution in [2.24, 2.45) is 5.92 Å². The summed E-state index contributed by atoms with van der Waals surface area (Å²) in [6, 6.07) is 1.18. The highest BCUT2D eigenvalue weighted by atomic mass is 16.2. The number of hydrogen-bond acceptors (Lipinski definition) is 2. The van der Waals surface area contributed by atoms with E-state index in [-0.39, 0.29) is 5.92 Å². The van der Waals surface area contributed by atoms with Gasteiger partial charge in [0, 0.05) is 31.1 Å². The van der Waals surface area contributed by atoms with E-state index in [0.29, 0.717) is 18.0 Å². The fourth-order valence-electron chi connectivity index (χ4n) is 2.97. The lowest BCUT2D eigenvalue weighted by Gasteiger charge is -2.49. The van der Waals surface area contributed by atoms with Crippen LogP contribution in [0.5, 0.6) is 0 Å². The third kappa shape index (κ3) is 1.69. The number of carbonyl (C=O) groups excluding carboxylic acids is 1. The molecule has 3 aliphatic heterocycles. The molecule has 3 atom stereocenters. The Hall–Kier alpha value is -0.830. The van der Waals surface area contributed by atoms with Crippen LogP contribution in [0.2, 0.25) is 0 Å². The Balaban J connectivity index is 1.61. The van der Waals surface area contributed by atoms with Gasteiger partial charge in [-0.05, 0) is 25.7 Å². The van der Waals surface area contributed by atoms with Gasteiger partial charge in [0.25, 0.3) is 0 Å². The van der Waals surface area contributed by atoms with Crippen LogP contribution in [-0.2, 0) is 4.79 Å². The molecule has 3 unspecified atom stereocenters. The molecule has 3 heteroatoms. The summed E-state index contributed by atoms with van der Waals surface area (Å²) in [5, 5.41) is 3.46. The minimum absolute atomic E-state index is 0.271. The van der Waals surface area contributed by atoms with Crippen molar-refractivity contribution in [1.82, 2.24) is 10.2 Å². The molecule has 1 amide bonds. The first-order valence-electron chi connectivity index (χ1n) is 6.03. The van der Waals surface area contributed by atoms with Crippen LogP contribution in [0.3, 0.4) is 0 Å². The second kappa shape index (κ2) is 3.63. The van der Waals surface area contributed by atoms with Crippen LogP contribution >= 0.6 is 0 Å². The summed E-state index contributed by atoms with van der Waals surface area (Å²) < 4.78 is 0. The lowest BCUT2D eigenvalue weighted by molar-refractivity contribution is -0.139. The number of nitrogens with one attached hydrogen (secondary N) is 1. The van der Waals surface area contributed by atoms with E-state index in [1.165, 1.54) is 6.42 Å². The molecule has 1 aliphatic carbocycles. The third-order valence-corrected chi connectivity index (χ3v) is 3.85. The zero-order valence-electron chi connectivity index (χ0n) is 8.98. The van der Waals surface area contributed by atoms with Crippen molar-refractivity contribution in [2.75, 3.05) is 13.1 Å². The van der Waals surface area contributed by atoms with Crippen LogP contribution in [0, 0.1) is 5.92 Å². The van der Waals surface area contributed by atoms with Gasteiger partial charge in [-0.25, -0.2) is 0 Å². The van der Waals surface area contributed by atoms with E-state index >= 15 is 0 Å². The van der Waals surface area contributed by atoms with E-state index < -0.39 is 0 Å². The van der Waals surface area contributed by atoms with Crippen molar-refractivity contribution >= 4 is 5.91 Å². The van der Waals surface area contributed by atoms with E-state index in [4.69, 9.17) is 0 Å². The van der Waals surface area contributed by atoms with Gasteiger partial charge >= 0.3 is 0 Å². The molecule has 4 rings (SSSR count). The van der Waals surface area contributed by atoms with E-state index in [1.54, 1.807) is 0 Å². The SMILES string of the molecule is O=C(C1CC=CCC1)N1CC2CC(C1)N2. The van der Waals surface area contributed by atoms with Gasteiger partial charge in [-0.1, -0.05) is 12.2 Å². The second-order valence-corrected chi connectivity index (χ2v) is 5.02. The minimum Gasteiger partial charge on any atom is -0.339 e. The van der Waals surface area contributed by atoms with Crippen LogP contribution < -0.4 is 5.32 Å². The Morgan fingerprint density at radius 3 is 2.60 bits per heavy atom. The topological polar surface area (TPSA) is 32.3 Å². The molecule has 0 aromatic rings. The molecule has 1 N–H and O–H groups in total. The van der Waals surface area contributed by atoms with Crippen LogP contribution in [0.15, 0.2) is 12.2 Å². The monoisotopic (exact) mass is 206 g/mol. The predicted molar refractivity (Wildman–Crippen MR) is 58.4 cm³/mol. The molecule has 3 fully saturated rings. The average molecular weight is 206 g/mol. The zero-order chi connectivity index (χ0) is 10.3. The van der Waals surface area contributed by atoms with Crippen molar-refractivity contribution in [1.29, 1.82) is 0 Å². The Kier molecular flexibility index (Phi) is 2.28. The third-order valence-electron chi connectivity index (χ3n) is 3.85. The van der Waals surface area contributed by atoms with Crippen molar-refractivity contribution in [2.45, 2.75) is 37.8 Å². The molecular weight excluding hydrogens is 188 g/mol. The summed E-state index contributed by atoms with van der Waals surface area (Å²) in [4.78, 5) is 14.3. The second-order valence-electron chi connectivity index (χ2n) is 5.02. The van der Waals surface area contributed by atoms with E-state index in [0.717, 1.165) is 32.4 Å². The Morgan fingerprint density at radius 2 is 2.00 bits per heavy atom. The lowest BCUT2D eigenvalue weighted by Crippen LogP contribution is -2.68. The van der Waals surface area contributed by atoms with E-state index in [1.807, 2.05) is 0 Å². The zero-order valence-corrected chi connectivity index (χ0v) is 8.98. The number of rotatable bonds is 1. The largest absolute Gasteiger partial charge is 0.339 e. The van der Waals surface area contributed by atoms with Gasteiger partial charge in [-0.3, -0.25) is 4.79 Å². The highest BCUT2D eigenvalue weighted by molar-refractivity contribution is 5.79. The molecule has 3 nitrogen and oxygen atoms in total. The number of piperidine rings is 1. The van der Waals surface area contributed by atoms with Gasteiger partial charge in [0.05, 0.1) is 0 Å². The van der Waals surface area contributed by atoms with Gasteiger partial charge in [0.2, 0.25) is 5.91 Å². The van der Waals surface area contributed by atoms with Crippen LogP contribution in [0.1, 0.15) is 25.7 Å². The van der Waals surface area contributed by atoms with Gasteiger partial charge in [0.1, 0.15) is 0 Å². The maximum Gasteiger partial charge on any atom is 0.226 e. The predicted octanol–water partition coefficient (Wildman–Crippen LogP) is 0.915. The van der Waals surface area contributed by atoms with Gasteiger partial charge < -0.3 is 10.2 Å². The molecule has 0 aromatic carbocycles. The van der Waals surface area contributed by atoms with Crippen molar-refractivity contribution < 1.29 is 4.79 Å². The number of allylic oxidation sites excluding steroid dienone is 2. The van der Waals surface area contributed by atoms with Gasteiger partial charge in [-0.15, -0.1) is 0 Å². The van der Waals surface area contributed by atoms with Crippen LogP contribution in [0.4, 0.5) is 0 Å². The Morgan fingerprint density at radius 1 is 1.27 bits per heavy atom. The maximum atomic E-state index is 12.2. The number of fused-ring (bicyclic) bond motifs is 2. The van der Waals surface area contributed by atoms with E-state index in [9.17, 15) is 4.79 Å². The first-order valence-corrected chi connectivity index (χ1v) is 6.03. The van der Waals surface area contributed by atoms with Crippen LogP contribution in [-0.4, -0.2) is 36.0 Å². The number of nitrogens with zero attached hydrogens (tertiary/aromatic N) is 1. The quantitative estimate of drug-likeness (QED) is 0.647. The summed E-state index contributed by atoms with van der Waals surface area (Å²) in [7, 11) is 0. The molecule has 0 spiro atoms. The molecule has 82 valence electrons. The van der Waals surface area contributed by atoms with Crippen molar-refractivity contribution in [3.63, 3.8) is 0 Å². The first kappa shape index (κ1) is 9.40. The molecule has 0 radical (unpaired) electrons. The van der Waals surface area contributed by atoms with Gasteiger partial charge in [-0.2, -0.15) is 0 Å². The Labute approximate surface area is 90.5 Å². The van der Waals surface area contributed by atoms with Gasteiger partial charge in [0.15, 0.2) is 0 Å². The van der Waals surface area contributed by atoms with Crippen LogP contribution in [0.25, 0.3) is 0 Å².